The number of hydrogen-bond donors (Lipinski definition) is 0. The minimum absolute atomic E-state index is 0.109. The second-order valence-corrected chi connectivity index (χ2v) is 8.89. The van der Waals surface area contributed by atoms with Gasteiger partial charge in [-0.1, -0.05) is 18.9 Å². The van der Waals surface area contributed by atoms with Gasteiger partial charge in [-0.15, -0.1) is 6.58 Å². The van der Waals surface area contributed by atoms with Crippen molar-refractivity contribution in [1.29, 1.82) is 0 Å². The largest absolute Gasteiger partial charge is 0.340 e. The van der Waals surface area contributed by atoms with Gasteiger partial charge in [0.15, 0.2) is 5.69 Å². The van der Waals surface area contributed by atoms with Crippen LogP contribution in [0.1, 0.15) is 60.8 Å². The molecule has 3 heterocycles. The number of amides is 2. The lowest BCUT2D eigenvalue weighted by atomic mass is 9.89. The summed E-state index contributed by atoms with van der Waals surface area (Å²) < 4.78 is 2.00. The van der Waals surface area contributed by atoms with E-state index in [4.69, 9.17) is 5.10 Å². The molecule has 2 saturated heterocycles. The van der Waals surface area contributed by atoms with E-state index in [1.807, 2.05) is 20.6 Å². The van der Waals surface area contributed by atoms with Crippen LogP contribution in [0.15, 0.2) is 12.7 Å². The zero-order chi connectivity index (χ0) is 21.1. The summed E-state index contributed by atoms with van der Waals surface area (Å²) in [5, 5.41) is 4.78. The van der Waals surface area contributed by atoms with E-state index >= 15 is 0 Å². The van der Waals surface area contributed by atoms with Crippen LogP contribution < -0.4 is 0 Å². The van der Waals surface area contributed by atoms with Crippen molar-refractivity contribution in [1.82, 2.24) is 24.5 Å². The standard InChI is InChI=1S/C23H35N5O2/c1-3-10-28-21-9-8-19(26-15-13-25(14-16-26)18(2)29)17-20(21)22(24-28)23(30)27-11-6-4-5-7-12-27/h3,19H,1,4-17H2,2H3. The van der Waals surface area contributed by atoms with E-state index in [-0.39, 0.29) is 11.8 Å². The predicted octanol–water partition coefficient (Wildman–Crippen LogP) is 2.11. The Bertz CT molecular complexity index is 786. The summed E-state index contributed by atoms with van der Waals surface area (Å²) in [6.45, 7) is 11.3. The van der Waals surface area contributed by atoms with E-state index in [2.05, 4.69) is 11.5 Å². The van der Waals surface area contributed by atoms with Gasteiger partial charge < -0.3 is 9.80 Å². The van der Waals surface area contributed by atoms with Gasteiger partial charge in [0.05, 0.1) is 6.54 Å². The molecule has 7 nitrogen and oxygen atoms in total. The molecule has 1 aromatic rings. The first-order chi connectivity index (χ1) is 14.6. The monoisotopic (exact) mass is 413 g/mol. The van der Waals surface area contributed by atoms with Crippen molar-refractivity contribution in [2.45, 2.75) is 64.5 Å². The van der Waals surface area contributed by atoms with Crippen molar-refractivity contribution < 1.29 is 9.59 Å². The predicted molar refractivity (Wildman–Crippen MR) is 116 cm³/mol. The Morgan fingerprint density at radius 1 is 1.03 bits per heavy atom. The number of rotatable bonds is 4. The first kappa shape index (κ1) is 21.1. The van der Waals surface area contributed by atoms with Gasteiger partial charge in [-0.3, -0.25) is 19.2 Å². The molecule has 30 heavy (non-hydrogen) atoms. The molecule has 1 aliphatic carbocycles. The van der Waals surface area contributed by atoms with E-state index in [0.717, 1.165) is 76.9 Å². The van der Waals surface area contributed by atoms with Gasteiger partial charge in [-0.25, -0.2) is 0 Å². The van der Waals surface area contributed by atoms with Crippen LogP contribution in [-0.4, -0.2) is 81.6 Å². The van der Waals surface area contributed by atoms with Crippen LogP contribution in [0.5, 0.6) is 0 Å². The highest BCUT2D eigenvalue weighted by molar-refractivity contribution is 5.94. The third-order valence-corrected chi connectivity index (χ3v) is 6.99. The Kier molecular flexibility index (Phi) is 6.56. The molecule has 4 rings (SSSR count). The maximum absolute atomic E-state index is 13.4. The highest BCUT2D eigenvalue weighted by Gasteiger charge is 2.34. The van der Waals surface area contributed by atoms with Crippen LogP contribution in [0.2, 0.25) is 0 Å². The summed E-state index contributed by atoms with van der Waals surface area (Å²) >= 11 is 0. The number of nitrogens with zero attached hydrogens (tertiary/aromatic N) is 5. The normalized spacial score (nSPS) is 23.0. The van der Waals surface area contributed by atoms with E-state index in [1.165, 1.54) is 18.5 Å². The molecule has 0 radical (unpaired) electrons. The third-order valence-electron chi connectivity index (χ3n) is 6.99. The van der Waals surface area contributed by atoms with Gasteiger partial charge >= 0.3 is 0 Å². The smallest absolute Gasteiger partial charge is 0.274 e. The fourth-order valence-corrected chi connectivity index (χ4v) is 5.25. The molecule has 2 fully saturated rings. The van der Waals surface area contributed by atoms with E-state index in [0.29, 0.717) is 18.3 Å². The number of aromatic nitrogens is 2. The fraction of sp³-hybridized carbons (Fsp3) is 0.696. The average Bonchev–Trinajstić information content (AvgIpc) is 2.92. The van der Waals surface area contributed by atoms with Crippen LogP contribution in [0.3, 0.4) is 0 Å². The lowest BCUT2D eigenvalue weighted by Crippen LogP contribution is -2.52. The highest BCUT2D eigenvalue weighted by atomic mass is 16.2. The summed E-state index contributed by atoms with van der Waals surface area (Å²) in [5.41, 5.74) is 3.03. The molecule has 164 valence electrons. The first-order valence-electron chi connectivity index (χ1n) is 11.6. The molecule has 0 aromatic carbocycles. The average molecular weight is 414 g/mol. The Hall–Kier alpha value is -2.15. The second kappa shape index (κ2) is 9.33. The quantitative estimate of drug-likeness (QED) is 0.710. The van der Waals surface area contributed by atoms with Crippen molar-refractivity contribution in [3.63, 3.8) is 0 Å². The number of carbonyl (C=O) groups excluding carboxylic acids is 2. The molecule has 0 N–H and O–H groups in total. The van der Waals surface area contributed by atoms with Crippen molar-refractivity contribution >= 4 is 11.8 Å². The molecule has 1 aromatic heterocycles. The van der Waals surface area contributed by atoms with Crippen LogP contribution in [0, 0.1) is 0 Å². The minimum Gasteiger partial charge on any atom is -0.340 e. The molecule has 0 saturated carbocycles. The lowest BCUT2D eigenvalue weighted by Gasteiger charge is -2.40. The van der Waals surface area contributed by atoms with Crippen molar-refractivity contribution in [2.24, 2.45) is 0 Å². The van der Waals surface area contributed by atoms with Gasteiger partial charge in [0.2, 0.25) is 5.91 Å². The van der Waals surface area contributed by atoms with Crippen LogP contribution >= 0.6 is 0 Å². The number of piperazine rings is 1. The molecule has 7 heteroatoms. The molecule has 0 bridgehead atoms. The maximum Gasteiger partial charge on any atom is 0.274 e. The molecule has 3 aliphatic rings. The lowest BCUT2D eigenvalue weighted by molar-refractivity contribution is -0.130. The molecule has 1 atom stereocenters. The maximum atomic E-state index is 13.4. The van der Waals surface area contributed by atoms with E-state index < -0.39 is 0 Å². The highest BCUT2D eigenvalue weighted by Crippen LogP contribution is 2.29. The third kappa shape index (κ3) is 4.31. The zero-order valence-corrected chi connectivity index (χ0v) is 18.3. The second-order valence-electron chi connectivity index (χ2n) is 8.89. The Morgan fingerprint density at radius 3 is 2.37 bits per heavy atom. The minimum atomic E-state index is 0.109. The van der Waals surface area contributed by atoms with Gasteiger partial charge in [0.25, 0.3) is 5.91 Å². The molecular weight excluding hydrogens is 378 g/mol. The Labute approximate surface area is 179 Å². The van der Waals surface area contributed by atoms with Crippen LogP contribution in [0.25, 0.3) is 0 Å². The Balaban J connectivity index is 1.53. The van der Waals surface area contributed by atoms with Gasteiger partial charge in [0, 0.05) is 63.5 Å². The molecule has 2 aliphatic heterocycles. The van der Waals surface area contributed by atoms with Crippen LogP contribution in [0.4, 0.5) is 0 Å². The first-order valence-corrected chi connectivity index (χ1v) is 11.6. The van der Waals surface area contributed by atoms with Gasteiger partial charge in [0.1, 0.15) is 0 Å². The molecular formula is C23H35N5O2. The molecule has 2 amide bonds. The van der Waals surface area contributed by atoms with E-state index in [1.54, 1.807) is 6.92 Å². The zero-order valence-electron chi connectivity index (χ0n) is 18.3. The summed E-state index contributed by atoms with van der Waals surface area (Å²) in [6.07, 6.45) is 9.35. The number of carbonyl (C=O) groups is 2. The molecule has 0 spiro atoms. The van der Waals surface area contributed by atoms with Crippen molar-refractivity contribution in [3.05, 3.63) is 29.6 Å². The summed E-state index contributed by atoms with van der Waals surface area (Å²) in [5.74, 6) is 0.273. The van der Waals surface area contributed by atoms with Crippen molar-refractivity contribution in [2.75, 3.05) is 39.3 Å². The number of fused-ring (bicyclic) bond motifs is 1. The van der Waals surface area contributed by atoms with E-state index in [9.17, 15) is 9.59 Å². The number of allylic oxidation sites excluding steroid dienone is 1. The summed E-state index contributed by atoms with van der Waals surface area (Å²) in [4.78, 5) is 31.5. The SMILES string of the molecule is C=CCn1nc(C(=O)N2CCCCCC2)c2c1CCC(N1CCN(C(C)=O)CC1)C2. The molecule has 1 unspecified atom stereocenters. The Morgan fingerprint density at radius 2 is 1.73 bits per heavy atom. The fourth-order valence-electron chi connectivity index (χ4n) is 5.25. The van der Waals surface area contributed by atoms with Crippen molar-refractivity contribution in [3.8, 4) is 0 Å². The number of likely N-dealkylation sites (tertiary alicyclic amines) is 1. The topological polar surface area (TPSA) is 61.7 Å². The van der Waals surface area contributed by atoms with Crippen LogP contribution in [-0.2, 0) is 24.2 Å². The van der Waals surface area contributed by atoms with Gasteiger partial charge in [-0.2, -0.15) is 5.10 Å². The summed E-state index contributed by atoms with van der Waals surface area (Å²) in [7, 11) is 0. The summed E-state index contributed by atoms with van der Waals surface area (Å²) in [6, 6.07) is 0.420. The van der Waals surface area contributed by atoms with Gasteiger partial charge in [-0.05, 0) is 32.1 Å². The number of hydrogen-bond acceptors (Lipinski definition) is 4.